The van der Waals surface area contributed by atoms with Crippen LogP contribution in [0.25, 0.3) is 0 Å². The van der Waals surface area contributed by atoms with Crippen LogP contribution in [-0.4, -0.2) is 18.2 Å². The second kappa shape index (κ2) is 8.21. The van der Waals surface area contributed by atoms with Crippen LogP contribution in [0.1, 0.15) is 29.5 Å². The average Bonchev–Trinajstić information content (AvgIpc) is 2.59. The molecule has 3 heteroatoms. The highest BCUT2D eigenvalue weighted by molar-refractivity contribution is 7.99. The van der Waals surface area contributed by atoms with Gasteiger partial charge in [-0.25, -0.2) is 0 Å². The van der Waals surface area contributed by atoms with Crippen LogP contribution in [0.15, 0.2) is 53.4 Å². The summed E-state index contributed by atoms with van der Waals surface area (Å²) < 4.78 is 0. The predicted octanol–water partition coefficient (Wildman–Crippen LogP) is 4.02. The van der Waals surface area contributed by atoms with Gasteiger partial charge in [0, 0.05) is 17.2 Å². The Morgan fingerprint density at radius 1 is 1.00 bits per heavy atom. The maximum absolute atomic E-state index is 12.1. The van der Waals surface area contributed by atoms with E-state index < -0.39 is 0 Å². The van der Waals surface area contributed by atoms with Crippen molar-refractivity contribution in [3.8, 4) is 0 Å². The van der Waals surface area contributed by atoms with E-state index in [2.05, 4.69) is 35.6 Å². The highest BCUT2D eigenvalue weighted by atomic mass is 32.2. The van der Waals surface area contributed by atoms with Gasteiger partial charge in [-0.3, -0.25) is 4.79 Å². The summed E-state index contributed by atoms with van der Waals surface area (Å²) in [4.78, 5) is 13.3. The van der Waals surface area contributed by atoms with Gasteiger partial charge in [-0.1, -0.05) is 36.4 Å². The van der Waals surface area contributed by atoms with Crippen molar-refractivity contribution in [2.75, 3.05) is 12.3 Å². The van der Waals surface area contributed by atoms with Crippen LogP contribution in [0, 0.1) is 0 Å². The monoisotopic (exact) mass is 325 g/mol. The second-order valence-corrected chi connectivity index (χ2v) is 7.17. The Hall–Kier alpha value is -1.74. The lowest BCUT2D eigenvalue weighted by molar-refractivity contribution is -0.120. The first-order valence-electron chi connectivity index (χ1n) is 8.36. The van der Waals surface area contributed by atoms with E-state index >= 15 is 0 Å². The lowest BCUT2D eigenvalue weighted by Crippen LogP contribution is -2.27. The molecular formula is C20H23NOS. The number of fused-ring (bicyclic) bond motifs is 1. The van der Waals surface area contributed by atoms with Crippen LogP contribution >= 0.6 is 11.8 Å². The number of aryl methyl sites for hydroxylation is 2. The summed E-state index contributed by atoms with van der Waals surface area (Å²) in [6.07, 6.45) is 5.42. The summed E-state index contributed by atoms with van der Waals surface area (Å²) in [5, 5.41) is 3.02. The zero-order valence-corrected chi connectivity index (χ0v) is 14.2. The Morgan fingerprint density at radius 3 is 2.61 bits per heavy atom. The third-order valence-electron chi connectivity index (χ3n) is 4.21. The number of amides is 1. The number of carbonyl (C=O) groups excluding carboxylic acids is 1. The molecular weight excluding hydrogens is 302 g/mol. The highest BCUT2D eigenvalue weighted by Gasteiger charge is 2.11. The number of hydrogen-bond acceptors (Lipinski definition) is 2. The van der Waals surface area contributed by atoms with E-state index in [9.17, 15) is 4.79 Å². The third kappa shape index (κ3) is 4.87. The molecule has 0 fully saturated rings. The summed E-state index contributed by atoms with van der Waals surface area (Å²) >= 11 is 1.77. The Balaban J connectivity index is 1.42. The van der Waals surface area contributed by atoms with Crippen LogP contribution in [-0.2, 0) is 24.1 Å². The minimum Gasteiger partial charge on any atom is -0.355 e. The molecule has 0 saturated carbocycles. The average molecular weight is 325 g/mol. The second-order valence-electron chi connectivity index (χ2n) is 6.00. The van der Waals surface area contributed by atoms with E-state index in [4.69, 9.17) is 0 Å². The van der Waals surface area contributed by atoms with Gasteiger partial charge in [0.25, 0.3) is 0 Å². The molecule has 0 atom stereocenters. The molecule has 2 aromatic carbocycles. The largest absolute Gasteiger partial charge is 0.355 e. The van der Waals surface area contributed by atoms with Crippen LogP contribution in [0.5, 0.6) is 0 Å². The van der Waals surface area contributed by atoms with Crippen molar-refractivity contribution in [3.63, 3.8) is 0 Å². The SMILES string of the molecule is O=C(Cc1ccc2c(c1)CCCC2)NCCSc1ccccc1. The van der Waals surface area contributed by atoms with Crippen LogP contribution in [0.3, 0.4) is 0 Å². The van der Waals surface area contributed by atoms with E-state index in [0.29, 0.717) is 13.0 Å². The molecule has 0 heterocycles. The fraction of sp³-hybridized carbons (Fsp3) is 0.350. The van der Waals surface area contributed by atoms with Crippen molar-refractivity contribution in [2.24, 2.45) is 0 Å². The topological polar surface area (TPSA) is 29.1 Å². The molecule has 0 aliphatic heterocycles. The Bertz CT molecular complexity index is 654. The van der Waals surface area contributed by atoms with Gasteiger partial charge in [-0.15, -0.1) is 11.8 Å². The standard InChI is InChI=1S/C20H23NOS/c22-20(21-12-13-23-19-8-2-1-3-9-19)15-16-10-11-17-6-4-5-7-18(17)14-16/h1-3,8-11,14H,4-7,12-13,15H2,(H,21,22). The van der Waals surface area contributed by atoms with E-state index in [-0.39, 0.29) is 5.91 Å². The normalized spacial score (nSPS) is 13.4. The minimum atomic E-state index is 0.120. The predicted molar refractivity (Wildman–Crippen MR) is 97.0 cm³/mol. The van der Waals surface area contributed by atoms with Gasteiger partial charge in [0.1, 0.15) is 0 Å². The van der Waals surface area contributed by atoms with E-state index in [1.807, 2.05) is 18.2 Å². The Labute approximate surface area is 142 Å². The van der Waals surface area contributed by atoms with E-state index in [0.717, 1.165) is 11.3 Å². The zero-order chi connectivity index (χ0) is 15.9. The van der Waals surface area contributed by atoms with Crippen LogP contribution < -0.4 is 5.32 Å². The highest BCUT2D eigenvalue weighted by Crippen LogP contribution is 2.22. The van der Waals surface area contributed by atoms with Crippen molar-refractivity contribution in [2.45, 2.75) is 37.0 Å². The smallest absolute Gasteiger partial charge is 0.224 e. The molecule has 0 saturated heterocycles. The lowest BCUT2D eigenvalue weighted by Gasteiger charge is -2.16. The molecule has 1 amide bonds. The summed E-state index contributed by atoms with van der Waals surface area (Å²) in [5.74, 6) is 1.02. The maximum atomic E-state index is 12.1. The molecule has 3 rings (SSSR count). The number of benzene rings is 2. The molecule has 0 aromatic heterocycles. The van der Waals surface area contributed by atoms with Crippen molar-refractivity contribution < 1.29 is 4.79 Å². The number of hydrogen-bond donors (Lipinski definition) is 1. The fourth-order valence-electron chi connectivity index (χ4n) is 3.02. The summed E-state index contributed by atoms with van der Waals surface area (Å²) in [5.41, 5.74) is 4.06. The van der Waals surface area contributed by atoms with Crippen molar-refractivity contribution in [3.05, 3.63) is 65.2 Å². The molecule has 2 nitrogen and oxygen atoms in total. The first-order chi connectivity index (χ1) is 11.3. The molecule has 2 aromatic rings. The van der Waals surface area contributed by atoms with Gasteiger partial charge in [-0.05, 0) is 54.5 Å². The lowest BCUT2D eigenvalue weighted by atomic mass is 9.90. The number of rotatable bonds is 6. The zero-order valence-electron chi connectivity index (χ0n) is 13.4. The van der Waals surface area contributed by atoms with Gasteiger partial charge < -0.3 is 5.32 Å². The number of carbonyl (C=O) groups is 1. The summed E-state index contributed by atoms with van der Waals surface area (Å²) in [7, 11) is 0. The Kier molecular flexibility index (Phi) is 5.76. The van der Waals surface area contributed by atoms with Gasteiger partial charge in [0.2, 0.25) is 5.91 Å². The molecule has 23 heavy (non-hydrogen) atoms. The quantitative estimate of drug-likeness (QED) is 0.642. The summed E-state index contributed by atoms with van der Waals surface area (Å²) in [6.45, 7) is 0.712. The van der Waals surface area contributed by atoms with Crippen molar-refractivity contribution in [1.82, 2.24) is 5.32 Å². The van der Waals surface area contributed by atoms with Crippen LogP contribution in [0.2, 0.25) is 0 Å². The Morgan fingerprint density at radius 2 is 1.78 bits per heavy atom. The first-order valence-corrected chi connectivity index (χ1v) is 9.35. The van der Waals surface area contributed by atoms with Crippen molar-refractivity contribution in [1.29, 1.82) is 0 Å². The van der Waals surface area contributed by atoms with E-state index in [1.54, 1.807) is 11.8 Å². The molecule has 120 valence electrons. The van der Waals surface area contributed by atoms with Gasteiger partial charge >= 0.3 is 0 Å². The van der Waals surface area contributed by atoms with Gasteiger partial charge in [0.05, 0.1) is 6.42 Å². The molecule has 0 radical (unpaired) electrons. The minimum absolute atomic E-state index is 0.120. The fourth-order valence-corrected chi connectivity index (χ4v) is 3.81. The first kappa shape index (κ1) is 16.1. The molecule has 1 N–H and O–H groups in total. The van der Waals surface area contributed by atoms with Gasteiger partial charge in [-0.2, -0.15) is 0 Å². The maximum Gasteiger partial charge on any atom is 0.224 e. The number of thioether (sulfide) groups is 1. The van der Waals surface area contributed by atoms with Crippen molar-refractivity contribution >= 4 is 17.7 Å². The molecule has 0 spiro atoms. The molecule has 1 aliphatic rings. The van der Waals surface area contributed by atoms with Crippen LogP contribution in [0.4, 0.5) is 0 Å². The molecule has 0 bridgehead atoms. The third-order valence-corrected chi connectivity index (χ3v) is 5.23. The molecule has 0 unspecified atom stereocenters. The van der Waals surface area contributed by atoms with E-state index in [1.165, 1.54) is 41.7 Å². The summed E-state index contributed by atoms with van der Waals surface area (Å²) in [6, 6.07) is 16.8. The number of nitrogens with one attached hydrogen (secondary N) is 1. The van der Waals surface area contributed by atoms with Gasteiger partial charge in [0.15, 0.2) is 0 Å². The molecule has 1 aliphatic carbocycles.